The molecule has 1 fully saturated rings. The number of nitrogens with one attached hydrogen (secondary N) is 1. The average Bonchev–Trinajstić information content (AvgIpc) is 3.21. The molecule has 0 aliphatic heterocycles. The van der Waals surface area contributed by atoms with E-state index in [1.54, 1.807) is 0 Å². The molecule has 1 aliphatic carbocycles. The normalized spacial score (nSPS) is 15.3. The molecular weight excluding hydrogens is 312 g/mol. The lowest BCUT2D eigenvalue weighted by molar-refractivity contribution is 0.239. The fraction of sp³-hybridized carbons (Fsp3) is 0.647. The highest BCUT2D eigenvalue weighted by atomic mass is 79.9. The molecule has 2 rings (SSSR count). The van der Waals surface area contributed by atoms with E-state index >= 15 is 0 Å². The van der Waals surface area contributed by atoms with Crippen LogP contribution in [-0.2, 0) is 13.1 Å². The first-order valence-corrected chi connectivity index (χ1v) is 8.55. The summed E-state index contributed by atoms with van der Waals surface area (Å²) in [6.07, 6.45) is 4.06. The van der Waals surface area contributed by atoms with Gasteiger partial charge in [-0.05, 0) is 56.0 Å². The first kappa shape index (κ1) is 16.0. The zero-order valence-corrected chi connectivity index (χ0v) is 14.5. The Morgan fingerprint density at radius 1 is 1.35 bits per heavy atom. The Morgan fingerprint density at radius 3 is 2.65 bits per heavy atom. The van der Waals surface area contributed by atoms with Gasteiger partial charge in [-0.1, -0.05) is 41.9 Å². The molecule has 0 atom stereocenters. The van der Waals surface area contributed by atoms with Crippen molar-refractivity contribution < 1.29 is 0 Å². The van der Waals surface area contributed by atoms with Crippen LogP contribution in [0.5, 0.6) is 0 Å². The van der Waals surface area contributed by atoms with Gasteiger partial charge in [-0.25, -0.2) is 0 Å². The molecule has 0 aromatic heterocycles. The molecule has 1 aliphatic rings. The summed E-state index contributed by atoms with van der Waals surface area (Å²) in [6.45, 7) is 7.87. The monoisotopic (exact) mass is 338 g/mol. The summed E-state index contributed by atoms with van der Waals surface area (Å²) in [5, 5.41) is 3.20. The largest absolute Gasteiger partial charge is 0.316 e. The number of hydrogen-bond acceptors (Lipinski definition) is 2. The van der Waals surface area contributed by atoms with Crippen molar-refractivity contribution in [1.82, 2.24) is 10.2 Å². The van der Waals surface area contributed by atoms with Crippen LogP contribution in [0.25, 0.3) is 0 Å². The second-order valence-electron chi connectivity index (χ2n) is 6.34. The van der Waals surface area contributed by atoms with Crippen LogP contribution >= 0.6 is 15.9 Å². The van der Waals surface area contributed by atoms with Crippen molar-refractivity contribution in [1.29, 1.82) is 0 Å². The second kappa shape index (κ2) is 7.58. The van der Waals surface area contributed by atoms with Crippen LogP contribution in [-0.4, -0.2) is 24.5 Å². The summed E-state index contributed by atoms with van der Waals surface area (Å²) in [4.78, 5) is 2.66. The third-order valence-electron chi connectivity index (χ3n) is 3.93. The van der Waals surface area contributed by atoms with Crippen LogP contribution in [0.4, 0.5) is 0 Å². The van der Waals surface area contributed by atoms with Crippen molar-refractivity contribution in [2.75, 3.05) is 13.6 Å². The minimum Gasteiger partial charge on any atom is -0.316 e. The number of halogens is 1. The molecule has 0 bridgehead atoms. The summed E-state index contributed by atoms with van der Waals surface area (Å²) in [5.74, 6) is 0.790. The van der Waals surface area contributed by atoms with Gasteiger partial charge >= 0.3 is 0 Å². The third-order valence-corrected chi connectivity index (χ3v) is 4.67. The van der Waals surface area contributed by atoms with Gasteiger partial charge in [0.05, 0.1) is 0 Å². The fourth-order valence-corrected chi connectivity index (χ4v) is 3.06. The molecule has 0 amide bonds. The highest BCUT2D eigenvalue weighted by Crippen LogP contribution is 2.30. The molecule has 0 radical (unpaired) electrons. The lowest BCUT2D eigenvalue weighted by atomic mass is 10.1. The molecule has 0 saturated heterocycles. The molecule has 3 heteroatoms. The lowest BCUT2D eigenvalue weighted by Crippen LogP contribution is -2.27. The molecular formula is C17H27BrN2. The third kappa shape index (κ3) is 4.87. The molecule has 0 unspecified atom stereocenters. The van der Waals surface area contributed by atoms with Crippen LogP contribution in [0.1, 0.15) is 44.2 Å². The average molecular weight is 339 g/mol. The smallest absolute Gasteiger partial charge is 0.0247 e. The van der Waals surface area contributed by atoms with E-state index in [0.29, 0.717) is 0 Å². The van der Waals surface area contributed by atoms with Crippen LogP contribution in [0.15, 0.2) is 22.7 Å². The number of rotatable bonds is 8. The van der Waals surface area contributed by atoms with Gasteiger partial charge in [-0.15, -0.1) is 0 Å². The number of benzene rings is 1. The van der Waals surface area contributed by atoms with Gasteiger partial charge < -0.3 is 5.32 Å². The van der Waals surface area contributed by atoms with E-state index in [-0.39, 0.29) is 0 Å². The standard InChI is InChI=1S/C17H27BrN2/c1-13(2)8-9-20(16-6-7-16)12-15-5-4-14(11-19-3)10-17(15)18/h4-5,10,13,16,19H,6-9,11-12H2,1-3H3. The zero-order valence-electron chi connectivity index (χ0n) is 13.0. The van der Waals surface area contributed by atoms with Gasteiger partial charge in [-0.3, -0.25) is 4.90 Å². The van der Waals surface area contributed by atoms with E-state index < -0.39 is 0 Å². The summed E-state index contributed by atoms with van der Waals surface area (Å²) in [6, 6.07) is 7.60. The van der Waals surface area contributed by atoms with Crippen molar-refractivity contribution in [3.8, 4) is 0 Å². The van der Waals surface area contributed by atoms with Crippen molar-refractivity contribution >= 4 is 15.9 Å². The molecule has 0 spiro atoms. The lowest BCUT2D eigenvalue weighted by Gasteiger charge is -2.23. The summed E-state index contributed by atoms with van der Waals surface area (Å²) >= 11 is 3.74. The van der Waals surface area contributed by atoms with Gasteiger partial charge in [0, 0.05) is 23.6 Å². The van der Waals surface area contributed by atoms with E-state index in [0.717, 1.165) is 25.0 Å². The van der Waals surface area contributed by atoms with Crippen molar-refractivity contribution in [3.05, 3.63) is 33.8 Å². The van der Waals surface area contributed by atoms with Gasteiger partial charge in [-0.2, -0.15) is 0 Å². The van der Waals surface area contributed by atoms with E-state index in [2.05, 4.69) is 58.2 Å². The maximum atomic E-state index is 3.74. The minimum absolute atomic E-state index is 0.790. The Labute approximate surface area is 132 Å². The zero-order chi connectivity index (χ0) is 14.5. The Hall–Kier alpha value is -0.380. The first-order chi connectivity index (χ1) is 9.60. The molecule has 1 N–H and O–H groups in total. The van der Waals surface area contributed by atoms with Crippen molar-refractivity contribution in [2.45, 2.75) is 52.2 Å². The first-order valence-electron chi connectivity index (χ1n) is 7.76. The Bertz CT molecular complexity index is 427. The summed E-state index contributed by atoms with van der Waals surface area (Å²) in [7, 11) is 1.99. The summed E-state index contributed by atoms with van der Waals surface area (Å²) in [5.41, 5.74) is 2.75. The SMILES string of the molecule is CNCc1ccc(CN(CCC(C)C)C2CC2)c(Br)c1. The molecule has 112 valence electrons. The van der Waals surface area contributed by atoms with E-state index in [9.17, 15) is 0 Å². The highest BCUT2D eigenvalue weighted by molar-refractivity contribution is 9.10. The molecule has 20 heavy (non-hydrogen) atoms. The number of hydrogen-bond donors (Lipinski definition) is 1. The van der Waals surface area contributed by atoms with Crippen LogP contribution in [0.3, 0.4) is 0 Å². The van der Waals surface area contributed by atoms with Gasteiger partial charge in [0.2, 0.25) is 0 Å². The Kier molecular flexibility index (Phi) is 6.06. The molecule has 2 nitrogen and oxygen atoms in total. The maximum Gasteiger partial charge on any atom is 0.0247 e. The quantitative estimate of drug-likeness (QED) is 0.764. The van der Waals surface area contributed by atoms with Crippen molar-refractivity contribution in [3.63, 3.8) is 0 Å². The van der Waals surface area contributed by atoms with Gasteiger partial charge in [0.15, 0.2) is 0 Å². The molecule has 1 saturated carbocycles. The number of nitrogens with zero attached hydrogens (tertiary/aromatic N) is 1. The van der Waals surface area contributed by atoms with E-state index in [4.69, 9.17) is 0 Å². The van der Waals surface area contributed by atoms with E-state index in [1.807, 2.05) is 7.05 Å². The van der Waals surface area contributed by atoms with Gasteiger partial charge in [0.25, 0.3) is 0 Å². The topological polar surface area (TPSA) is 15.3 Å². The summed E-state index contributed by atoms with van der Waals surface area (Å²) < 4.78 is 1.25. The van der Waals surface area contributed by atoms with Crippen LogP contribution in [0, 0.1) is 5.92 Å². The van der Waals surface area contributed by atoms with Crippen molar-refractivity contribution in [2.24, 2.45) is 5.92 Å². The van der Waals surface area contributed by atoms with Crippen LogP contribution in [0.2, 0.25) is 0 Å². The minimum atomic E-state index is 0.790. The van der Waals surface area contributed by atoms with E-state index in [1.165, 1.54) is 41.4 Å². The predicted octanol–water partition coefficient (Wildman–Crippen LogP) is 4.18. The second-order valence-corrected chi connectivity index (χ2v) is 7.19. The maximum absolute atomic E-state index is 3.74. The molecule has 1 aromatic carbocycles. The highest BCUT2D eigenvalue weighted by Gasteiger charge is 2.28. The molecule has 0 heterocycles. The van der Waals surface area contributed by atoms with Crippen LogP contribution < -0.4 is 5.32 Å². The fourth-order valence-electron chi connectivity index (χ4n) is 2.51. The molecule has 1 aromatic rings. The Morgan fingerprint density at radius 2 is 2.10 bits per heavy atom. The van der Waals surface area contributed by atoms with Gasteiger partial charge in [0.1, 0.15) is 0 Å². The predicted molar refractivity (Wildman–Crippen MR) is 89.8 cm³/mol. The Balaban J connectivity index is 1.98.